The Morgan fingerprint density at radius 1 is 0.375 bits per heavy atom. The van der Waals surface area contributed by atoms with Crippen molar-refractivity contribution in [2.45, 2.75) is 208 Å². The Kier molecular flexibility index (Phi) is 36.9. The van der Waals surface area contributed by atoms with Gasteiger partial charge in [-0.25, -0.2) is 0 Å². The Bertz CT molecular complexity index is 1940. The molecule has 0 fully saturated rings. The molecule has 4 aromatic rings. The van der Waals surface area contributed by atoms with Crippen molar-refractivity contribution in [3.8, 4) is 0 Å². The summed E-state index contributed by atoms with van der Waals surface area (Å²) in [6.07, 6.45) is 28.7. The Hall–Kier alpha value is -4.94. The number of carbonyl (C=O) groups excluding carboxylic acids is 4. The average Bonchev–Trinajstić information content (AvgIpc) is 4.31. The van der Waals surface area contributed by atoms with Crippen molar-refractivity contribution in [3.05, 3.63) is 47.6 Å². The van der Waals surface area contributed by atoms with Crippen LogP contribution in [0.2, 0.25) is 0 Å². The van der Waals surface area contributed by atoms with Crippen LogP contribution in [0.3, 0.4) is 0 Å². The van der Waals surface area contributed by atoms with Crippen molar-refractivity contribution in [2.75, 3.05) is 77.2 Å². The molecule has 0 unspecified atom stereocenters. The summed E-state index contributed by atoms with van der Waals surface area (Å²) in [6.45, 7) is 15.9. The lowest BCUT2D eigenvalue weighted by Gasteiger charge is -2.22. The molecule has 0 atom stereocenters. The van der Waals surface area contributed by atoms with E-state index >= 15 is 0 Å². The molecule has 0 aliphatic rings. The molecular weight excluding hydrogens is 1060 g/mol. The predicted molar refractivity (Wildman–Crippen MR) is 312 cm³/mol. The summed E-state index contributed by atoms with van der Waals surface area (Å²) in [4.78, 5) is 56.0. The minimum atomic E-state index is -0.312. The molecule has 4 rings (SSSR count). The summed E-state index contributed by atoms with van der Waals surface area (Å²) in [5.74, 6) is 0.213. The zero-order valence-corrected chi connectivity index (χ0v) is 50.6. The van der Waals surface area contributed by atoms with E-state index in [9.17, 15) is 19.2 Å². The summed E-state index contributed by atoms with van der Waals surface area (Å²) in [7, 11) is 3.39. The van der Waals surface area contributed by atoms with E-state index in [2.05, 4.69) is 78.7 Å². The van der Waals surface area contributed by atoms with Gasteiger partial charge in [-0.05, 0) is 25.7 Å². The van der Waals surface area contributed by atoms with Gasteiger partial charge >= 0.3 is 23.9 Å². The van der Waals surface area contributed by atoms with Crippen LogP contribution in [0.25, 0.3) is 0 Å². The molecule has 0 aliphatic heterocycles. The standard InChI is InChI=1S/C56H96N14O8S2/c1-5-9-13-17-29-67-45-49(57-61-67)25-39-75-53(71)21-33-65(34-22-54(72)76-40-26-50-46-68(62-58-50)30-18-14-10-6-2)37-43-79-80-44-38-66(35-23-55(73)77-41-27-51-47-69(63-59-51)31-19-15-11-7-3)36-24-56(74)78-42-28-52-48-70(64-60-52)32-20-16-12-8-4/h45-48H,5-44H2,1-4H3. The SMILES string of the molecule is CCCCCCn1cc(CCOC(=O)CCN(CCSSCCN(CCC(=O)OCCc2cn(CCCCCC)nn2)CCC(=O)OCCc2cn(CCCCCC)nn2)CCC(=O)OCCc2cn(CCCCCC)nn2)nn1. The van der Waals surface area contributed by atoms with Crippen LogP contribution in [0.1, 0.15) is 179 Å². The quantitative estimate of drug-likeness (QED) is 0.0175. The highest BCUT2D eigenvalue weighted by Gasteiger charge is 2.17. The summed E-state index contributed by atoms with van der Waals surface area (Å²) in [5, 5.41) is 33.9. The monoisotopic (exact) mass is 1160 g/mol. The molecule has 4 heterocycles. The van der Waals surface area contributed by atoms with Gasteiger partial charge in [-0.2, -0.15) is 0 Å². The Morgan fingerprint density at radius 2 is 0.625 bits per heavy atom. The fraction of sp³-hybridized carbons (Fsp3) is 0.786. The van der Waals surface area contributed by atoms with Crippen molar-refractivity contribution in [3.63, 3.8) is 0 Å². The molecule has 0 aromatic carbocycles. The number of hydrogen-bond acceptors (Lipinski definition) is 20. The molecule has 4 aromatic heterocycles. The van der Waals surface area contributed by atoms with Gasteiger partial charge < -0.3 is 28.7 Å². The third-order valence-electron chi connectivity index (χ3n) is 13.4. The second-order valence-corrected chi connectivity index (χ2v) is 23.0. The fourth-order valence-electron chi connectivity index (χ4n) is 8.54. The Morgan fingerprint density at radius 3 is 0.863 bits per heavy atom. The van der Waals surface area contributed by atoms with Gasteiger partial charge in [0.2, 0.25) is 0 Å². The highest BCUT2D eigenvalue weighted by molar-refractivity contribution is 8.76. The van der Waals surface area contributed by atoms with Crippen LogP contribution in [0.15, 0.2) is 24.8 Å². The van der Waals surface area contributed by atoms with Crippen molar-refractivity contribution < 1.29 is 38.1 Å². The van der Waals surface area contributed by atoms with Gasteiger partial charge in [0.05, 0.1) is 74.9 Å². The van der Waals surface area contributed by atoms with Gasteiger partial charge in [-0.15, -0.1) is 20.4 Å². The Balaban J connectivity index is 1.23. The smallest absolute Gasteiger partial charge is 0.307 e. The van der Waals surface area contributed by atoms with Crippen LogP contribution in [-0.4, -0.2) is 171 Å². The van der Waals surface area contributed by atoms with Gasteiger partial charge in [0.25, 0.3) is 0 Å². The molecular formula is C56H96N14O8S2. The van der Waals surface area contributed by atoms with Crippen molar-refractivity contribution in [1.29, 1.82) is 0 Å². The van der Waals surface area contributed by atoms with E-state index in [0.29, 0.717) is 65.0 Å². The van der Waals surface area contributed by atoms with Crippen LogP contribution in [0, 0.1) is 0 Å². The van der Waals surface area contributed by atoms with Gasteiger partial charge in [0.1, 0.15) is 0 Å². The number of hydrogen-bond donors (Lipinski definition) is 0. The van der Waals surface area contributed by atoms with Gasteiger partial charge in [0, 0.05) is 127 Å². The number of ether oxygens (including phenoxy) is 4. The number of rotatable bonds is 51. The second-order valence-electron chi connectivity index (χ2n) is 20.3. The number of esters is 4. The van der Waals surface area contributed by atoms with Gasteiger partial charge in [-0.3, -0.25) is 37.9 Å². The number of aromatic nitrogens is 12. The number of aryl methyl sites for hydroxylation is 4. The Labute approximate surface area is 484 Å². The highest BCUT2D eigenvalue weighted by Crippen LogP contribution is 2.22. The minimum absolute atomic E-state index is 0.173. The van der Waals surface area contributed by atoms with Crippen molar-refractivity contribution in [1.82, 2.24) is 69.8 Å². The first-order valence-corrected chi connectivity index (χ1v) is 32.5. The summed E-state index contributed by atoms with van der Waals surface area (Å²) >= 11 is 0. The van der Waals surface area contributed by atoms with E-state index in [1.54, 1.807) is 21.6 Å². The topological polar surface area (TPSA) is 235 Å². The molecule has 0 N–H and O–H groups in total. The summed E-state index contributed by atoms with van der Waals surface area (Å²) < 4.78 is 29.8. The average molecular weight is 1160 g/mol. The lowest BCUT2D eigenvalue weighted by molar-refractivity contribution is -0.145. The molecule has 80 heavy (non-hydrogen) atoms. The fourth-order valence-corrected chi connectivity index (χ4v) is 10.6. The first-order valence-electron chi connectivity index (χ1n) is 30.0. The van der Waals surface area contributed by atoms with Crippen molar-refractivity contribution in [2.24, 2.45) is 0 Å². The summed E-state index contributed by atoms with van der Waals surface area (Å²) in [6, 6.07) is 0. The largest absolute Gasteiger partial charge is 0.465 e. The first kappa shape index (κ1) is 67.6. The molecule has 0 amide bonds. The zero-order chi connectivity index (χ0) is 57.1. The molecule has 0 radical (unpaired) electrons. The second kappa shape index (κ2) is 43.7. The molecule has 0 saturated heterocycles. The van der Waals surface area contributed by atoms with E-state index in [4.69, 9.17) is 18.9 Å². The van der Waals surface area contributed by atoms with Crippen LogP contribution in [-0.2, 0) is 90.0 Å². The van der Waals surface area contributed by atoms with E-state index < -0.39 is 0 Å². The van der Waals surface area contributed by atoms with Crippen LogP contribution in [0.5, 0.6) is 0 Å². The first-order chi connectivity index (χ1) is 39.2. The van der Waals surface area contributed by atoms with Crippen LogP contribution < -0.4 is 0 Å². The van der Waals surface area contributed by atoms with Crippen LogP contribution in [0.4, 0.5) is 0 Å². The maximum absolute atomic E-state index is 13.0. The van der Waals surface area contributed by atoms with Gasteiger partial charge in [0.15, 0.2) is 0 Å². The molecule has 22 nitrogen and oxygen atoms in total. The molecule has 0 aliphatic carbocycles. The molecule has 0 spiro atoms. The lowest BCUT2D eigenvalue weighted by atomic mass is 10.2. The van der Waals surface area contributed by atoms with Crippen molar-refractivity contribution >= 4 is 45.5 Å². The number of nitrogens with zero attached hydrogens (tertiary/aromatic N) is 14. The molecule has 0 saturated carbocycles. The maximum atomic E-state index is 13.0. The number of carbonyl (C=O) groups is 4. The maximum Gasteiger partial charge on any atom is 0.307 e. The van der Waals surface area contributed by atoms with E-state index in [-0.39, 0.29) is 76.0 Å². The molecule has 0 bridgehead atoms. The third-order valence-corrected chi connectivity index (χ3v) is 15.8. The zero-order valence-electron chi connectivity index (χ0n) is 48.9. The van der Waals surface area contributed by atoms with E-state index in [1.807, 2.05) is 43.5 Å². The minimum Gasteiger partial charge on any atom is -0.465 e. The number of unbranched alkanes of at least 4 members (excludes halogenated alkanes) is 12. The van der Waals surface area contributed by atoms with E-state index in [0.717, 1.165) is 112 Å². The van der Waals surface area contributed by atoms with E-state index in [1.165, 1.54) is 51.4 Å². The predicted octanol–water partition coefficient (Wildman–Crippen LogP) is 8.36. The highest BCUT2D eigenvalue weighted by atomic mass is 33.1. The third kappa shape index (κ3) is 32.5. The van der Waals surface area contributed by atoms with Gasteiger partial charge in [-0.1, -0.05) is 147 Å². The lowest BCUT2D eigenvalue weighted by Crippen LogP contribution is -2.32. The summed E-state index contributed by atoms with van der Waals surface area (Å²) in [5.41, 5.74) is 3.16. The molecule has 24 heteroatoms. The van der Waals surface area contributed by atoms with Crippen LogP contribution >= 0.6 is 21.6 Å². The molecule has 450 valence electrons. The normalized spacial score (nSPS) is 11.5.